The Morgan fingerprint density at radius 3 is 2.57 bits per heavy atom. The highest BCUT2D eigenvalue weighted by atomic mass is 16.2. The van der Waals surface area contributed by atoms with Gasteiger partial charge in [-0.3, -0.25) is 4.79 Å². The van der Waals surface area contributed by atoms with Crippen molar-refractivity contribution in [3.63, 3.8) is 0 Å². The first-order chi connectivity index (χ1) is 10.1. The third-order valence-electron chi connectivity index (χ3n) is 4.65. The average molecular weight is 288 g/mol. The number of benzene rings is 1. The zero-order chi connectivity index (χ0) is 15.2. The molecule has 3 atom stereocenters. The number of hydrogen-bond donors (Lipinski definition) is 2. The molecule has 1 fully saturated rings. The van der Waals surface area contributed by atoms with E-state index in [1.54, 1.807) is 0 Å². The summed E-state index contributed by atoms with van der Waals surface area (Å²) in [4.78, 5) is 12.5. The molecule has 1 aromatic carbocycles. The predicted molar refractivity (Wildman–Crippen MR) is 86.9 cm³/mol. The van der Waals surface area contributed by atoms with E-state index in [0.29, 0.717) is 0 Å². The molecule has 1 aliphatic carbocycles. The number of carbonyl (C=O) groups excluding carboxylic acids is 1. The SMILES string of the molecule is CCc1ccc(C(C)NC(=O)C2CCCCCC2N)cc1. The van der Waals surface area contributed by atoms with E-state index in [0.717, 1.165) is 37.7 Å². The van der Waals surface area contributed by atoms with E-state index in [4.69, 9.17) is 5.73 Å². The lowest BCUT2D eigenvalue weighted by Crippen LogP contribution is -2.42. The molecule has 0 spiro atoms. The second-order valence-corrected chi connectivity index (χ2v) is 6.23. The van der Waals surface area contributed by atoms with Gasteiger partial charge in [0.25, 0.3) is 0 Å². The number of amides is 1. The van der Waals surface area contributed by atoms with Gasteiger partial charge in [0.15, 0.2) is 0 Å². The second-order valence-electron chi connectivity index (χ2n) is 6.23. The largest absolute Gasteiger partial charge is 0.349 e. The number of rotatable bonds is 4. The van der Waals surface area contributed by atoms with Crippen molar-refractivity contribution in [1.29, 1.82) is 0 Å². The number of nitrogens with two attached hydrogens (primary N) is 1. The lowest BCUT2D eigenvalue weighted by atomic mass is 9.94. The first-order valence-corrected chi connectivity index (χ1v) is 8.26. The Morgan fingerprint density at radius 1 is 1.24 bits per heavy atom. The van der Waals surface area contributed by atoms with E-state index in [1.807, 2.05) is 6.92 Å². The van der Waals surface area contributed by atoms with Gasteiger partial charge in [0.2, 0.25) is 5.91 Å². The number of carbonyl (C=O) groups is 1. The van der Waals surface area contributed by atoms with E-state index in [9.17, 15) is 4.79 Å². The lowest BCUT2D eigenvalue weighted by Gasteiger charge is -2.23. The summed E-state index contributed by atoms with van der Waals surface area (Å²) in [6, 6.07) is 8.54. The number of aryl methyl sites for hydroxylation is 1. The quantitative estimate of drug-likeness (QED) is 0.835. The summed E-state index contributed by atoms with van der Waals surface area (Å²) >= 11 is 0. The van der Waals surface area contributed by atoms with Crippen molar-refractivity contribution in [2.45, 2.75) is 64.5 Å². The van der Waals surface area contributed by atoms with Crippen molar-refractivity contribution in [2.24, 2.45) is 11.7 Å². The highest BCUT2D eigenvalue weighted by Crippen LogP contribution is 2.23. The van der Waals surface area contributed by atoms with Crippen LogP contribution in [0.5, 0.6) is 0 Å². The van der Waals surface area contributed by atoms with Crippen LogP contribution in [0, 0.1) is 5.92 Å². The molecule has 0 saturated heterocycles. The standard InChI is InChI=1S/C18H28N2O/c1-3-14-9-11-15(12-10-14)13(2)20-18(21)16-7-5-4-6-8-17(16)19/h9-13,16-17H,3-8,19H2,1-2H3,(H,20,21). The van der Waals surface area contributed by atoms with Crippen LogP contribution in [0.4, 0.5) is 0 Å². The fraction of sp³-hybridized carbons (Fsp3) is 0.611. The van der Waals surface area contributed by atoms with Gasteiger partial charge in [0.1, 0.15) is 0 Å². The highest BCUT2D eigenvalue weighted by Gasteiger charge is 2.27. The van der Waals surface area contributed by atoms with Crippen molar-refractivity contribution in [1.82, 2.24) is 5.32 Å². The highest BCUT2D eigenvalue weighted by molar-refractivity contribution is 5.79. The van der Waals surface area contributed by atoms with Crippen molar-refractivity contribution < 1.29 is 4.79 Å². The van der Waals surface area contributed by atoms with Crippen LogP contribution in [0.2, 0.25) is 0 Å². The lowest BCUT2D eigenvalue weighted by molar-refractivity contribution is -0.126. The third-order valence-corrected chi connectivity index (χ3v) is 4.65. The predicted octanol–water partition coefficient (Wildman–Crippen LogP) is 3.33. The maximum absolute atomic E-state index is 12.5. The Labute approximate surface area is 128 Å². The van der Waals surface area contributed by atoms with Crippen LogP contribution in [0.15, 0.2) is 24.3 Å². The maximum atomic E-state index is 12.5. The van der Waals surface area contributed by atoms with Crippen LogP contribution in [-0.4, -0.2) is 11.9 Å². The summed E-state index contributed by atoms with van der Waals surface area (Å²) in [5.41, 5.74) is 8.65. The second kappa shape index (κ2) is 7.60. The normalized spacial score (nSPS) is 24.1. The fourth-order valence-electron chi connectivity index (χ4n) is 3.11. The van der Waals surface area contributed by atoms with Crippen LogP contribution in [-0.2, 0) is 11.2 Å². The molecule has 1 amide bonds. The van der Waals surface area contributed by atoms with Gasteiger partial charge in [-0.15, -0.1) is 0 Å². The van der Waals surface area contributed by atoms with Gasteiger partial charge in [0.05, 0.1) is 12.0 Å². The van der Waals surface area contributed by atoms with E-state index in [1.165, 1.54) is 12.0 Å². The van der Waals surface area contributed by atoms with Gasteiger partial charge in [-0.25, -0.2) is 0 Å². The summed E-state index contributed by atoms with van der Waals surface area (Å²) in [6.45, 7) is 4.19. The molecular formula is C18H28N2O. The van der Waals surface area contributed by atoms with Gasteiger partial charge >= 0.3 is 0 Å². The Morgan fingerprint density at radius 2 is 1.90 bits per heavy atom. The van der Waals surface area contributed by atoms with Crippen LogP contribution < -0.4 is 11.1 Å². The molecule has 0 aromatic heterocycles. The zero-order valence-corrected chi connectivity index (χ0v) is 13.3. The molecule has 2 rings (SSSR count). The van der Waals surface area contributed by atoms with Crippen LogP contribution in [0.1, 0.15) is 63.1 Å². The van der Waals surface area contributed by atoms with Gasteiger partial charge in [0, 0.05) is 6.04 Å². The molecule has 0 bridgehead atoms. The van der Waals surface area contributed by atoms with Gasteiger partial charge in [-0.05, 0) is 37.3 Å². The summed E-state index contributed by atoms with van der Waals surface area (Å²) in [6.07, 6.45) is 6.40. The number of hydrogen-bond acceptors (Lipinski definition) is 2. The van der Waals surface area contributed by atoms with E-state index >= 15 is 0 Å². The molecule has 0 aliphatic heterocycles. The van der Waals surface area contributed by atoms with Gasteiger partial charge in [-0.1, -0.05) is 50.5 Å². The molecule has 0 radical (unpaired) electrons. The Hall–Kier alpha value is -1.35. The van der Waals surface area contributed by atoms with E-state index < -0.39 is 0 Å². The molecule has 1 saturated carbocycles. The molecular weight excluding hydrogens is 260 g/mol. The topological polar surface area (TPSA) is 55.1 Å². The van der Waals surface area contributed by atoms with Gasteiger partial charge in [-0.2, -0.15) is 0 Å². The molecule has 21 heavy (non-hydrogen) atoms. The summed E-state index contributed by atoms with van der Waals surface area (Å²) in [7, 11) is 0. The van der Waals surface area contributed by atoms with Crippen molar-refractivity contribution in [2.75, 3.05) is 0 Å². The summed E-state index contributed by atoms with van der Waals surface area (Å²) in [5, 5.41) is 3.14. The molecule has 1 aromatic rings. The zero-order valence-electron chi connectivity index (χ0n) is 13.3. The molecule has 3 nitrogen and oxygen atoms in total. The maximum Gasteiger partial charge on any atom is 0.225 e. The molecule has 3 unspecified atom stereocenters. The van der Waals surface area contributed by atoms with Crippen LogP contribution in [0.3, 0.4) is 0 Å². The monoisotopic (exact) mass is 288 g/mol. The average Bonchev–Trinajstić information content (AvgIpc) is 2.71. The molecule has 3 heteroatoms. The minimum absolute atomic E-state index is 0.0159. The fourth-order valence-corrected chi connectivity index (χ4v) is 3.11. The van der Waals surface area contributed by atoms with Crippen LogP contribution in [0.25, 0.3) is 0 Å². The summed E-state index contributed by atoms with van der Waals surface area (Å²) in [5.74, 6) is 0.0985. The van der Waals surface area contributed by atoms with Crippen molar-refractivity contribution in [3.8, 4) is 0 Å². The Balaban J connectivity index is 1.96. The minimum Gasteiger partial charge on any atom is -0.349 e. The van der Waals surface area contributed by atoms with Crippen LogP contribution >= 0.6 is 0 Å². The minimum atomic E-state index is -0.0233. The molecule has 0 heterocycles. The smallest absolute Gasteiger partial charge is 0.225 e. The third kappa shape index (κ3) is 4.31. The number of nitrogens with one attached hydrogen (secondary N) is 1. The first kappa shape index (κ1) is 16.0. The Bertz CT molecular complexity index is 455. The van der Waals surface area contributed by atoms with Gasteiger partial charge < -0.3 is 11.1 Å². The molecule has 1 aliphatic rings. The molecule has 3 N–H and O–H groups in total. The van der Waals surface area contributed by atoms with E-state index in [2.05, 4.69) is 36.5 Å². The molecule has 116 valence electrons. The Kier molecular flexibility index (Phi) is 5.80. The van der Waals surface area contributed by atoms with Crippen molar-refractivity contribution in [3.05, 3.63) is 35.4 Å². The summed E-state index contributed by atoms with van der Waals surface area (Å²) < 4.78 is 0. The van der Waals surface area contributed by atoms with E-state index in [-0.39, 0.29) is 23.9 Å². The van der Waals surface area contributed by atoms with Crippen molar-refractivity contribution >= 4 is 5.91 Å². The first-order valence-electron chi connectivity index (χ1n) is 8.26.